The molecule has 0 saturated carbocycles. The van der Waals surface area contributed by atoms with Crippen molar-refractivity contribution in [2.24, 2.45) is 0 Å². The quantitative estimate of drug-likeness (QED) is 0.921. The molecule has 0 spiro atoms. The van der Waals surface area contributed by atoms with Gasteiger partial charge in [-0.1, -0.05) is 11.6 Å². The first kappa shape index (κ1) is 11.7. The Hall–Kier alpha value is -1.82. The Labute approximate surface area is 106 Å². The van der Waals surface area contributed by atoms with Gasteiger partial charge in [0, 0.05) is 4.47 Å². The summed E-state index contributed by atoms with van der Waals surface area (Å²) in [6.45, 7) is 1.92. The van der Waals surface area contributed by atoms with E-state index in [2.05, 4.69) is 36.4 Å². The second-order valence-electron chi connectivity index (χ2n) is 3.40. The average Bonchev–Trinajstić information content (AvgIpc) is 2.33. The van der Waals surface area contributed by atoms with E-state index < -0.39 is 0 Å². The van der Waals surface area contributed by atoms with Gasteiger partial charge in [-0.05, 0) is 35.0 Å². The Morgan fingerprint density at radius 2 is 2.18 bits per heavy atom. The van der Waals surface area contributed by atoms with Gasteiger partial charge in [0.05, 0.1) is 18.0 Å². The predicted molar refractivity (Wildman–Crippen MR) is 66.7 cm³/mol. The lowest BCUT2D eigenvalue weighted by atomic mass is 10.1. The fraction of sp³-hybridized carbons (Fsp3) is 0.0909. The van der Waals surface area contributed by atoms with E-state index in [4.69, 9.17) is 0 Å². The molecule has 0 radical (unpaired) electrons. The number of aromatic nitrogens is 3. The van der Waals surface area contributed by atoms with Crippen LogP contribution in [-0.2, 0) is 0 Å². The van der Waals surface area contributed by atoms with Gasteiger partial charge in [0.2, 0.25) is 5.95 Å². The molecule has 1 N–H and O–H groups in total. The minimum absolute atomic E-state index is 0.186. The maximum Gasteiger partial charge on any atom is 0.259 e. The number of anilines is 1. The minimum Gasteiger partial charge on any atom is -0.289 e. The van der Waals surface area contributed by atoms with Crippen molar-refractivity contribution in [3.05, 3.63) is 46.2 Å². The van der Waals surface area contributed by atoms with Crippen LogP contribution in [0.3, 0.4) is 0 Å². The van der Waals surface area contributed by atoms with Gasteiger partial charge in [0.25, 0.3) is 5.91 Å². The lowest BCUT2D eigenvalue weighted by Crippen LogP contribution is -2.15. The van der Waals surface area contributed by atoms with Crippen molar-refractivity contribution in [2.75, 3.05) is 5.32 Å². The molecular weight excluding hydrogens is 284 g/mol. The van der Waals surface area contributed by atoms with Crippen LogP contribution < -0.4 is 5.32 Å². The Kier molecular flexibility index (Phi) is 3.43. The average molecular weight is 293 g/mol. The highest BCUT2D eigenvalue weighted by Crippen LogP contribution is 2.18. The summed E-state index contributed by atoms with van der Waals surface area (Å²) in [5.41, 5.74) is 1.54. The topological polar surface area (TPSA) is 67.8 Å². The van der Waals surface area contributed by atoms with Gasteiger partial charge in [0.15, 0.2) is 0 Å². The molecule has 2 aromatic rings. The zero-order chi connectivity index (χ0) is 12.3. The molecule has 5 nitrogen and oxygen atoms in total. The van der Waals surface area contributed by atoms with Crippen molar-refractivity contribution in [1.29, 1.82) is 0 Å². The normalized spacial score (nSPS) is 10.0. The number of carbonyl (C=O) groups is 1. The molecule has 1 heterocycles. The first-order chi connectivity index (χ1) is 8.16. The molecule has 1 aromatic heterocycles. The lowest BCUT2D eigenvalue weighted by Gasteiger charge is -2.05. The molecule has 0 unspecified atom stereocenters. The van der Waals surface area contributed by atoms with Crippen molar-refractivity contribution in [3.8, 4) is 0 Å². The van der Waals surface area contributed by atoms with Gasteiger partial charge in [-0.3, -0.25) is 10.1 Å². The zero-order valence-electron chi connectivity index (χ0n) is 9.01. The Balaban J connectivity index is 2.23. The minimum atomic E-state index is -0.270. The van der Waals surface area contributed by atoms with Crippen LogP contribution in [0, 0.1) is 6.92 Å². The number of hydrogen-bond donors (Lipinski definition) is 1. The van der Waals surface area contributed by atoms with Crippen LogP contribution in [0.15, 0.2) is 35.1 Å². The predicted octanol–water partition coefficient (Wildman–Crippen LogP) is 2.19. The Bertz CT molecular complexity index is 544. The van der Waals surface area contributed by atoms with Crippen molar-refractivity contribution in [2.45, 2.75) is 6.92 Å². The number of rotatable bonds is 2. The monoisotopic (exact) mass is 292 g/mol. The lowest BCUT2D eigenvalue weighted by molar-refractivity contribution is 0.102. The second kappa shape index (κ2) is 5.01. The smallest absolute Gasteiger partial charge is 0.259 e. The van der Waals surface area contributed by atoms with E-state index >= 15 is 0 Å². The van der Waals surface area contributed by atoms with E-state index in [1.807, 2.05) is 19.1 Å². The molecule has 0 aliphatic rings. The van der Waals surface area contributed by atoms with Crippen LogP contribution in [-0.4, -0.2) is 21.1 Å². The van der Waals surface area contributed by atoms with E-state index in [0.29, 0.717) is 5.56 Å². The summed E-state index contributed by atoms with van der Waals surface area (Å²) in [5, 5.41) is 9.89. The molecule has 1 aromatic carbocycles. The van der Waals surface area contributed by atoms with Gasteiger partial charge in [-0.2, -0.15) is 5.10 Å². The van der Waals surface area contributed by atoms with E-state index in [9.17, 15) is 4.79 Å². The first-order valence-corrected chi connectivity index (χ1v) is 5.67. The molecule has 17 heavy (non-hydrogen) atoms. The maximum absolute atomic E-state index is 11.9. The third-order valence-corrected chi connectivity index (χ3v) is 2.77. The standard InChI is InChI=1S/C11H9BrN4O/c1-7-2-3-9(12)8(6-7)10(17)15-11-13-4-5-14-16-11/h2-6H,1H3,(H,13,15,16,17). The fourth-order valence-electron chi connectivity index (χ4n) is 1.29. The summed E-state index contributed by atoms with van der Waals surface area (Å²) in [5.74, 6) is -0.0838. The second-order valence-corrected chi connectivity index (χ2v) is 4.26. The number of nitrogens with zero attached hydrogens (tertiary/aromatic N) is 3. The van der Waals surface area contributed by atoms with Crippen LogP contribution in [0.25, 0.3) is 0 Å². The van der Waals surface area contributed by atoms with Gasteiger partial charge in [-0.25, -0.2) is 4.98 Å². The molecule has 0 fully saturated rings. The summed E-state index contributed by atoms with van der Waals surface area (Å²) in [7, 11) is 0. The SMILES string of the molecule is Cc1ccc(Br)c(C(=O)Nc2nccnn2)c1. The molecule has 0 atom stereocenters. The van der Waals surface area contributed by atoms with Crippen molar-refractivity contribution in [1.82, 2.24) is 15.2 Å². The molecule has 0 saturated heterocycles. The van der Waals surface area contributed by atoms with Crippen LogP contribution in [0.1, 0.15) is 15.9 Å². The Morgan fingerprint density at radius 1 is 1.35 bits per heavy atom. The number of nitrogens with one attached hydrogen (secondary N) is 1. The number of halogens is 1. The third kappa shape index (κ3) is 2.85. The van der Waals surface area contributed by atoms with E-state index in [-0.39, 0.29) is 11.9 Å². The summed E-state index contributed by atoms with van der Waals surface area (Å²) >= 11 is 3.33. The molecule has 86 valence electrons. The van der Waals surface area contributed by atoms with Gasteiger partial charge < -0.3 is 0 Å². The van der Waals surface area contributed by atoms with Gasteiger partial charge >= 0.3 is 0 Å². The van der Waals surface area contributed by atoms with Gasteiger partial charge in [0.1, 0.15) is 0 Å². The van der Waals surface area contributed by atoms with Crippen molar-refractivity contribution in [3.63, 3.8) is 0 Å². The van der Waals surface area contributed by atoms with Crippen molar-refractivity contribution >= 4 is 27.8 Å². The summed E-state index contributed by atoms with van der Waals surface area (Å²) in [6.07, 6.45) is 2.91. The number of aryl methyl sites for hydroxylation is 1. The van der Waals surface area contributed by atoms with E-state index in [1.165, 1.54) is 12.4 Å². The van der Waals surface area contributed by atoms with Crippen LogP contribution >= 0.6 is 15.9 Å². The Morgan fingerprint density at radius 3 is 2.88 bits per heavy atom. The van der Waals surface area contributed by atoms with E-state index in [1.54, 1.807) is 6.07 Å². The molecule has 0 aliphatic carbocycles. The molecular formula is C11H9BrN4O. The summed E-state index contributed by atoms with van der Waals surface area (Å²) in [4.78, 5) is 15.8. The van der Waals surface area contributed by atoms with Gasteiger partial charge in [-0.15, -0.1) is 5.10 Å². The highest BCUT2D eigenvalue weighted by molar-refractivity contribution is 9.10. The summed E-state index contributed by atoms with van der Waals surface area (Å²) in [6, 6.07) is 5.53. The molecule has 1 amide bonds. The molecule has 0 aliphatic heterocycles. The number of benzene rings is 1. The highest BCUT2D eigenvalue weighted by atomic mass is 79.9. The molecule has 2 rings (SSSR count). The largest absolute Gasteiger partial charge is 0.289 e. The van der Waals surface area contributed by atoms with Crippen molar-refractivity contribution < 1.29 is 4.79 Å². The van der Waals surface area contributed by atoms with Crippen LogP contribution in [0.4, 0.5) is 5.95 Å². The summed E-state index contributed by atoms with van der Waals surface area (Å²) < 4.78 is 0.726. The number of carbonyl (C=O) groups excluding carboxylic acids is 1. The first-order valence-electron chi connectivity index (χ1n) is 4.88. The third-order valence-electron chi connectivity index (χ3n) is 2.07. The zero-order valence-corrected chi connectivity index (χ0v) is 10.6. The van der Waals surface area contributed by atoms with E-state index in [0.717, 1.165) is 10.0 Å². The number of amides is 1. The van der Waals surface area contributed by atoms with Crippen LogP contribution in [0.2, 0.25) is 0 Å². The van der Waals surface area contributed by atoms with Crippen LogP contribution in [0.5, 0.6) is 0 Å². The molecule has 6 heteroatoms. The fourth-order valence-corrected chi connectivity index (χ4v) is 1.71. The highest BCUT2D eigenvalue weighted by Gasteiger charge is 2.11. The number of hydrogen-bond acceptors (Lipinski definition) is 4. The maximum atomic E-state index is 11.9. The molecule has 0 bridgehead atoms.